The molecule has 1 N–H and O–H groups in total. The molecule has 0 unspecified atom stereocenters. The van der Waals surface area contributed by atoms with E-state index < -0.39 is 0 Å². The van der Waals surface area contributed by atoms with Crippen molar-refractivity contribution in [1.82, 2.24) is 0 Å². The highest BCUT2D eigenvalue weighted by Gasteiger charge is 2.01. The summed E-state index contributed by atoms with van der Waals surface area (Å²) >= 11 is 14.7. The van der Waals surface area contributed by atoms with Crippen LogP contribution in [0.25, 0.3) is 0 Å². The summed E-state index contributed by atoms with van der Waals surface area (Å²) in [6.07, 6.45) is 0.976. The maximum Gasteiger partial charge on any atom is 0.0516 e. The smallest absolute Gasteiger partial charge is 0.0516 e. The van der Waals surface area contributed by atoms with Crippen LogP contribution in [0, 0.1) is 0 Å². The maximum atomic E-state index is 5.80. The monoisotopic (exact) mass is 307 g/mol. The van der Waals surface area contributed by atoms with Crippen molar-refractivity contribution in [2.75, 3.05) is 11.9 Å². The highest BCUT2D eigenvalue weighted by Crippen LogP contribution is 2.22. The Kier molecular flexibility index (Phi) is 5.51. The minimum Gasteiger partial charge on any atom is -0.380 e. The molecule has 0 fully saturated rings. The molecule has 1 nitrogen and oxygen atoms in total. The highest BCUT2D eigenvalue weighted by molar-refractivity contribution is 9.10. The Morgan fingerprint density at radius 3 is 2.87 bits per heavy atom. The lowest BCUT2D eigenvalue weighted by atomic mass is 10.1. The number of rotatable bonds is 4. The van der Waals surface area contributed by atoms with Crippen LogP contribution in [-0.4, -0.2) is 6.54 Å². The lowest BCUT2D eigenvalue weighted by molar-refractivity contribution is 1.12. The van der Waals surface area contributed by atoms with Gasteiger partial charge in [0, 0.05) is 20.7 Å². The summed E-state index contributed by atoms with van der Waals surface area (Å²) < 4.78 is 1.09. The second-order valence-electron chi connectivity index (χ2n) is 3.06. The summed E-state index contributed by atoms with van der Waals surface area (Å²) in [7, 11) is 0. The van der Waals surface area contributed by atoms with Gasteiger partial charge in [0.05, 0.1) is 6.54 Å². The predicted octanol–water partition coefficient (Wildman–Crippen LogP) is 4.74. The molecule has 0 bridgehead atoms. The Bertz CT molecular complexity index is 364. The van der Waals surface area contributed by atoms with Crippen LogP contribution in [0.1, 0.15) is 12.5 Å². The lowest BCUT2D eigenvalue weighted by Crippen LogP contribution is -2.03. The van der Waals surface area contributed by atoms with Gasteiger partial charge in [0.2, 0.25) is 0 Å². The second kappa shape index (κ2) is 6.41. The van der Waals surface area contributed by atoms with E-state index in [-0.39, 0.29) is 0 Å². The fraction of sp³-hybridized carbons (Fsp3) is 0.273. The van der Waals surface area contributed by atoms with Gasteiger partial charge in [-0.25, -0.2) is 0 Å². The molecule has 0 aliphatic carbocycles. The molecule has 0 radical (unpaired) electrons. The van der Waals surface area contributed by atoms with E-state index in [1.165, 1.54) is 11.1 Å². The zero-order chi connectivity index (χ0) is 11.3. The standard InChI is InChI=1S/C11H12BrCl2N/c1-2-8-5-9(12)3-4-11(8)15-7-10(14)6-13/h3-6,15H,2,7H2,1H3/b10-6-. The van der Waals surface area contributed by atoms with E-state index in [2.05, 4.69) is 34.2 Å². The van der Waals surface area contributed by atoms with Gasteiger partial charge in [0.25, 0.3) is 0 Å². The van der Waals surface area contributed by atoms with Gasteiger partial charge in [-0.1, -0.05) is 46.1 Å². The number of benzene rings is 1. The largest absolute Gasteiger partial charge is 0.380 e. The number of hydrogen-bond acceptors (Lipinski definition) is 1. The molecule has 0 aromatic heterocycles. The Labute approximate surface area is 109 Å². The van der Waals surface area contributed by atoms with Gasteiger partial charge < -0.3 is 5.32 Å². The van der Waals surface area contributed by atoms with Gasteiger partial charge in [0.1, 0.15) is 0 Å². The highest BCUT2D eigenvalue weighted by atomic mass is 79.9. The van der Waals surface area contributed by atoms with Crippen LogP contribution in [0.15, 0.2) is 33.2 Å². The topological polar surface area (TPSA) is 12.0 Å². The van der Waals surface area contributed by atoms with Crippen LogP contribution in [-0.2, 0) is 6.42 Å². The first-order chi connectivity index (χ1) is 7.17. The van der Waals surface area contributed by atoms with Crippen molar-refractivity contribution < 1.29 is 0 Å². The van der Waals surface area contributed by atoms with Gasteiger partial charge in [-0.05, 0) is 30.2 Å². The molecular weight excluding hydrogens is 297 g/mol. The van der Waals surface area contributed by atoms with Gasteiger partial charge in [0.15, 0.2) is 0 Å². The summed E-state index contributed by atoms with van der Waals surface area (Å²) in [5.41, 5.74) is 3.72. The molecule has 1 aromatic rings. The van der Waals surface area contributed by atoms with Crippen LogP contribution in [0.5, 0.6) is 0 Å². The Morgan fingerprint density at radius 1 is 1.53 bits per heavy atom. The predicted molar refractivity (Wildman–Crippen MR) is 71.8 cm³/mol. The van der Waals surface area contributed by atoms with Crippen molar-refractivity contribution in [3.8, 4) is 0 Å². The number of halogens is 3. The van der Waals surface area contributed by atoms with Crippen molar-refractivity contribution >= 4 is 44.8 Å². The summed E-state index contributed by atoms with van der Waals surface area (Å²) in [5.74, 6) is 0. The number of aryl methyl sites for hydroxylation is 1. The Morgan fingerprint density at radius 2 is 2.27 bits per heavy atom. The minimum absolute atomic E-state index is 0.555. The van der Waals surface area contributed by atoms with E-state index in [9.17, 15) is 0 Å². The van der Waals surface area contributed by atoms with E-state index in [0.29, 0.717) is 11.6 Å². The fourth-order valence-electron chi connectivity index (χ4n) is 1.25. The van der Waals surface area contributed by atoms with E-state index in [0.717, 1.165) is 16.6 Å². The maximum absolute atomic E-state index is 5.80. The molecule has 4 heteroatoms. The number of hydrogen-bond donors (Lipinski definition) is 1. The first kappa shape index (κ1) is 12.9. The number of anilines is 1. The molecule has 0 aliphatic rings. The SMILES string of the molecule is CCc1cc(Br)ccc1NC/C(Cl)=C/Cl. The molecule has 0 saturated carbocycles. The van der Waals surface area contributed by atoms with Crippen molar-refractivity contribution in [2.24, 2.45) is 0 Å². The van der Waals surface area contributed by atoms with Crippen molar-refractivity contribution in [3.05, 3.63) is 38.8 Å². The molecule has 0 heterocycles. The molecule has 0 spiro atoms. The van der Waals surface area contributed by atoms with Crippen LogP contribution < -0.4 is 5.32 Å². The molecule has 1 aromatic carbocycles. The first-order valence-corrected chi connectivity index (χ1v) is 6.25. The van der Waals surface area contributed by atoms with Crippen molar-refractivity contribution in [3.63, 3.8) is 0 Å². The number of nitrogens with one attached hydrogen (secondary N) is 1. The minimum atomic E-state index is 0.555. The van der Waals surface area contributed by atoms with E-state index in [4.69, 9.17) is 23.2 Å². The third kappa shape index (κ3) is 4.06. The average Bonchev–Trinajstić information content (AvgIpc) is 2.26. The van der Waals surface area contributed by atoms with E-state index >= 15 is 0 Å². The molecular formula is C11H12BrCl2N. The molecule has 0 atom stereocenters. The Hall–Kier alpha value is -0.180. The molecule has 0 aliphatic heterocycles. The van der Waals surface area contributed by atoms with Gasteiger partial charge in [-0.2, -0.15) is 0 Å². The lowest BCUT2D eigenvalue weighted by Gasteiger charge is -2.10. The average molecular weight is 309 g/mol. The van der Waals surface area contributed by atoms with E-state index in [1.54, 1.807) is 0 Å². The molecule has 82 valence electrons. The van der Waals surface area contributed by atoms with Crippen LogP contribution in [0.2, 0.25) is 0 Å². The van der Waals surface area contributed by atoms with Crippen molar-refractivity contribution in [2.45, 2.75) is 13.3 Å². The fourth-order valence-corrected chi connectivity index (χ4v) is 1.80. The Balaban J connectivity index is 2.76. The van der Waals surface area contributed by atoms with Gasteiger partial charge in [-0.3, -0.25) is 0 Å². The quantitative estimate of drug-likeness (QED) is 0.847. The summed E-state index contributed by atoms with van der Waals surface area (Å²) in [6, 6.07) is 6.13. The molecule has 1 rings (SSSR count). The normalized spacial score (nSPS) is 11.6. The molecule has 15 heavy (non-hydrogen) atoms. The molecule has 0 amide bonds. The van der Waals surface area contributed by atoms with Crippen molar-refractivity contribution in [1.29, 1.82) is 0 Å². The van der Waals surface area contributed by atoms with Crippen LogP contribution >= 0.6 is 39.1 Å². The summed E-state index contributed by atoms with van der Waals surface area (Å²) in [6.45, 7) is 2.67. The molecule has 0 saturated heterocycles. The third-order valence-corrected chi connectivity index (χ3v) is 3.13. The summed E-state index contributed by atoms with van der Waals surface area (Å²) in [5, 5.41) is 3.84. The van der Waals surface area contributed by atoms with Gasteiger partial charge in [-0.15, -0.1) is 0 Å². The van der Waals surface area contributed by atoms with Crippen LogP contribution in [0.3, 0.4) is 0 Å². The van der Waals surface area contributed by atoms with Gasteiger partial charge >= 0.3 is 0 Å². The zero-order valence-corrected chi connectivity index (χ0v) is 11.5. The second-order valence-corrected chi connectivity index (χ2v) is 4.68. The first-order valence-electron chi connectivity index (χ1n) is 4.64. The zero-order valence-electron chi connectivity index (χ0n) is 8.36. The van der Waals surface area contributed by atoms with Crippen LogP contribution in [0.4, 0.5) is 5.69 Å². The third-order valence-electron chi connectivity index (χ3n) is 2.01. The van der Waals surface area contributed by atoms with E-state index in [1.807, 2.05) is 12.1 Å². The summed E-state index contributed by atoms with van der Waals surface area (Å²) in [4.78, 5) is 0.